The zero-order valence-corrected chi connectivity index (χ0v) is 11.5. The minimum atomic E-state index is -3.63. The van der Waals surface area contributed by atoms with Crippen molar-refractivity contribution >= 4 is 15.7 Å². The number of benzene rings is 1. The van der Waals surface area contributed by atoms with Crippen molar-refractivity contribution in [3.8, 4) is 0 Å². The summed E-state index contributed by atoms with van der Waals surface area (Å²) in [6, 6.07) is 5.77. The van der Waals surface area contributed by atoms with Crippen LogP contribution in [0, 0.1) is 10.1 Å². The van der Waals surface area contributed by atoms with E-state index in [4.69, 9.17) is 4.74 Å². The normalized spacial score (nSPS) is 13.2. The topological polar surface area (TPSA) is 98.5 Å². The Kier molecular flexibility index (Phi) is 5.40. The van der Waals surface area contributed by atoms with Crippen molar-refractivity contribution in [3.63, 3.8) is 0 Å². The first-order valence-electron chi connectivity index (χ1n) is 5.58. The number of ether oxygens (including phenoxy) is 1. The fourth-order valence-electron chi connectivity index (χ4n) is 1.39. The summed E-state index contributed by atoms with van der Waals surface area (Å²) < 4.78 is 30.9. The minimum Gasteiger partial charge on any atom is -0.380 e. The molecule has 0 radical (unpaired) electrons. The molecular weight excluding hydrogens is 272 g/mol. The minimum absolute atomic E-state index is 0.124. The molecule has 0 bridgehead atoms. The highest BCUT2D eigenvalue weighted by atomic mass is 32.2. The van der Waals surface area contributed by atoms with Crippen LogP contribution >= 0.6 is 0 Å². The summed E-state index contributed by atoms with van der Waals surface area (Å²) in [4.78, 5) is 10.2. The van der Waals surface area contributed by atoms with Gasteiger partial charge in [0, 0.05) is 25.3 Å². The van der Waals surface area contributed by atoms with Gasteiger partial charge in [0.1, 0.15) is 0 Å². The van der Waals surface area contributed by atoms with Crippen molar-refractivity contribution in [2.75, 3.05) is 13.7 Å². The van der Waals surface area contributed by atoms with Gasteiger partial charge >= 0.3 is 0 Å². The SMILES string of the molecule is COC(C)CNS(=O)(=O)Cc1ccccc1[N+](=O)[O-]. The quantitative estimate of drug-likeness (QED) is 0.597. The van der Waals surface area contributed by atoms with E-state index in [2.05, 4.69) is 4.72 Å². The molecule has 0 saturated heterocycles. The molecule has 0 aliphatic rings. The molecule has 0 aliphatic heterocycles. The highest BCUT2D eigenvalue weighted by Crippen LogP contribution is 2.19. The van der Waals surface area contributed by atoms with Crippen LogP contribution < -0.4 is 4.72 Å². The molecule has 0 heterocycles. The van der Waals surface area contributed by atoms with E-state index < -0.39 is 20.7 Å². The first-order valence-corrected chi connectivity index (χ1v) is 7.23. The number of sulfonamides is 1. The van der Waals surface area contributed by atoms with E-state index in [1.807, 2.05) is 0 Å². The van der Waals surface area contributed by atoms with Crippen molar-refractivity contribution in [1.82, 2.24) is 4.72 Å². The van der Waals surface area contributed by atoms with Crippen LogP contribution in [0.25, 0.3) is 0 Å². The van der Waals surface area contributed by atoms with E-state index in [1.165, 1.54) is 25.3 Å². The second-order valence-electron chi connectivity index (χ2n) is 4.04. The highest BCUT2D eigenvalue weighted by Gasteiger charge is 2.19. The van der Waals surface area contributed by atoms with Crippen LogP contribution in [0.1, 0.15) is 12.5 Å². The Labute approximate surface area is 111 Å². The third kappa shape index (κ3) is 4.93. The third-order valence-electron chi connectivity index (χ3n) is 2.53. The second kappa shape index (κ2) is 6.60. The summed E-state index contributed by atoms with van der Waals surface area (Å²) in [7, 11) is -2.16. The molecule has 19 heavy (non-hydrogen) atoms. The molecule has 106 valence electrons. The van der Waals surface area contributed by atoms with E-state index in [0.717, 1.165) is 0 Å². The third-order valence-corrected chi connectivity index (χ3v) is 3.82. The maximum atomic E-state index is 11.8. The Morgan fingerprint density at radius 3 is 2.63 bits per heavy atom. The number of hydrogen-bond donors (Lipinski definition) is 1. The molecule has 1 N–H and O–H groups in total. The van der Waals surface area contributed by atoms with Gasteiger partial charge in [-0.1, -0.05) is 18.2 Å². The van der Waals surface area contributed by atoms with E-state index in [-0.39, 0.29) is 23.9 Å². The van der Waals surface area contributed by atoms with Gasteiger partial charge in [-0.05, 0) is 6.92 Å². The summed E-state index contributed by atoms with van der Waals surface area (Å²) in [5.74, 6) is -0.430. The number of nitrogens with one attached hydrogen (secondary N) is 1. The number of rotatable bonds is 7. The van der Waals surface area contributed by atoms with E-state index in [0.29, 0.717) is 0 Å². The van der Waals surface area contributed by atoms with E-state index in [9.17, 15) is 18.5 Å². The molecule has 1 unspecified atom stereocenters. The molecule has 0 aromatic heterocycles. The lowest BCUT2D eigenvalue weighted by Gasteiger charge is -2.11. The maximum absolute atomic E-state index is 11.8. The Morgan fingerprint density at radius 2 is 2.05 bits per heavy atom. The van der Waals surface area contributed by atoms with E-state index >= 15 is 0 Å². The van der Waals surface area contributed by atoms with Crippen molar-refractivity contribution in [1.29, 1.82) is 0 Å². The first kappa shape index (κ1) is 15.5. The van der Waals surface area contributed by atoms with Crippen molar-refractivity contribution in [2.45, 2.75) is 18.8 Å². The molecule has 7 nitrogen and oxygen atoms in total. The molecule has 0 fully saturated rings. The Morgan fingerprint density at radius 1 is 1.42 bits per heavy atom. The van der Waals surface area contributed by atoms with Crippen LogP contribution in [0.2, 0.25) is 0 Å². The van der Waals surface area contributed by atoms with Gasteiger partial charge in [0.2, 0.25) is 10.0 Å². The Bertz CT molecular complexity index is 544. The average molecular weight is 288 g/mol. The molecule has 0 aliphatic carbocycles. The van der Waals surface area contributed by atoms with Gasteiger partial charge in [0.05, 0.1) is 16.8 Å². The molecule has 0 spiro atoms. The fourth-order valence-corrected chi connectivity index (χ4v) is 2.64. The first-order chi connectivity index (χ1) is 8.85. The Balaban J connectivity index is 2.81. The molecule has 0 saturated carbocycles. The number of nitrogens with zero attached hydrogens (tertiary/aromatic N) is 1. The van der Waals surface area contributed by atoms with E-state index in [1.54, 1.807) is 13.0 Å². The summed E-state index contributed by atoms with van der Waals surface area (Å²) in [6.07, 6.45) is -0.263. The molecule has 1 aromatic rings. The smallest absolute Gasteiger partial charge is 0.273 e. The van der Waals surface area contributed by atoms with Crippen molar-refractivity contribution in [2.24, 2.45) is 0 Å². The molecule has 1 aromatic carbocycles. The summed E-state index contributed by atoms with van der Waals surface area (Å²) >= 11 is 0. The van der Waals surface area contributed by atoms with Crippen LogP contribution in [-0.2, 0) is 20.5 Å². The standard InChI is InChI=1S/C11H16N2O5S/c1-9(18-2)7-12-19(16,17)8-10-5-3-4-6-11(10)13(14)15/h3-6,9,12H,7-8H2,1-2H3. The van der Waals surface area contributed by atoms with Crippen LogP contribution in [0.4, 0.5) is 5.69 Å². The van der Waals surface area contributed by atoms with Gasteiger partial charge in [0.25, 0.3) is 5.69 Å². The number of methoxy groups -OCH3 is 1. The number of para-hydroxylation sites is 1. The molecule has 0 amide bonds. The molecule has 1 rings (SSSR count). The lowest BCUT2D eigenvalue weighted by atomic mass is 10.2. The molecule has 8 heteroatoms. The van der Waals surface area contributed by atoms with Crippen LogP contribution in [0.5, 0.6) is 0 Å². The number of nitro benzene ring substituents is 1. The lowest BCUT2D eigenvalue weighted by Crippen LogP contribution is -2.32. The molecule has 1 atom stereocenters. The van der Waals surface area contributed by atoms with Gasteiger partial charge in [-0.2, -0.15) is 0 Å². The van der Waals surface area contributed by atoms with Gasteiger partial charge in [-0.25, -0.2) is 13.1 Å². The lowest BCUT2D eigenvalue weighted by molar-refractivity contribution is -0.385. The van der Waals surface area contributed by atoms with Gasteiger partial charge in [-0.3, -0.25) is 10.1 Å². The highest BCUT2D eigenvalue weighted by molar-refractivity contribution is 7.88. The van der Waals surface area contributed by atoms with Gasteiger partial charge in [0.15, 0.2) is 0 Å². The maximum Gasteiger partial charge on any atom is 0.273 e. The van der Waals surface area contributed by atoms with Crippen LogP contribution in [0.3, 0.4) is 0 Å². The predicted molar refractivity (Wildman–Crippen MR) is 70.2 cm³/mol. The van der Waals surface area contributed by atoms with Crippen LogP contribution in [-0.4, -0.2) is 33.1 Å². The zero-order valence-electron chi connectivity index (χ0n) is 10.7. The average Bonchev–Trinajstić information content (AvgIpc) is 2.36. The van der Waals surface area contributed by atoms with Gasteiger partial charge in [-0.15, -0.1) is 0 Å². The fraction of sp³-hybridized carbons (Fsp3) is 0.455. The summed E-state index contributed by atoms with van der Waals surface area (Å²) in [6.45, 7) is 1.84. The Hall–Kier alpha value is -1.51. The number of hydrogen-bond acceptors (Lipinski definition) is 5. The van der Waals surface area contributed by atoms with Gasteiger partial charge < -0.3 is 4.74 Å². The van der Waals surface area contributed by atoms with Crippen molar-refractivity contribution in [3.05, 3.63) is 39.9 Å². The number of nitro groups is 1. The van der Waals surface area contributed by atoms with Crippen molar-refractivity contribution < 1.29 is 18.1 Å². The summed E-state index contributed by atoms with van der Waals surface area (Å²) in [5.41, 5.74) is -0.0438. The molecular formula is C11H16N2O5S. The second-order valence-corrected chi connectivity index (χ2v) is 5.85. The monoisotopic (exact) mass is 288 g/mol. The van der Waals surface area contributed by atoms with Crippen LogP contribution in [0.15, 0.2) is 24.3 Å². The largest absolute Gasteiger partial charge is 0.380 e. The zero-order chi connectivity index (χ0) is 14.5. The predicted octanol–water partition coefficient (Wildman–Crippen LogP) is 1.05. The summed E-state index contributed by atoms with van der Waals surface area (Å²) in [5, 5.41) is 10.8.